The van der Waals surface area contributed by atoms with E-state index in [4.69, 9.17) is 0 Å². The van der Waals surface area contributed by atoms with Crippen LogP contribution >= 0.6 is 11.3 Å². The molecule has 1 aliphatic heterocycles. The number of aromatic nitrogens is 1. The van der Waals surface area contributed by atoms with Gasteiger partial charge in [0.1, 0.15) is 6.07 Å². The van der Waals surface area contributed by atoms with E-state index in [-0.39, 0.29) is 0 Å². The van der Waals surface area contributed by atoms with Crippen molar-refractivity contribution in [3.63, 3.8) is 0 Å². The van der Waals surface area contributed by atoms with Gasteiger partial charge >= 0.3 is 0 Å². The lowest BCUT2D eigenvalue weighted by Gasteiger charge is -2.36. The maximum absolute atomic E-state index is 9.25. The number of thiazole rings is 1. The molecule has 1 aromatic carbocycles. The molecule has 5 heteroatoms. The van der Waals surface area contributed by atoms with E-state index in [0.717, 1.165) is 42.6 Å². The van der Waals surface area contributed by atoms with Crippen molar-refractivity contribution in [2.75, 3.05) is 36.0 Å². The topological polar surface area (TPSA) is 43.2 Å². The molecule has 0 saturated carbocycles. The van der Waals surface area contributed by atoms with Gasteiger partial charge in [0.05, 0.1) is 11.3 Å². The molecule has 0 spiro atoms. The van der Waals surface area contributed by atoms with E-state index in [0.29, 0.717) is 0 Å². The highest BCUT2D eigenvalue weighted by Crippen LogP contribution is 2.25. The molecule has 0 amide bonds. The number of hydrogen-bond donors (Lipinski definition) is 0. The van der Waals surface area contributed by atoms with Gasteiger partial charge in [-0.15, -0.1) is 11.3 Å². The fourth-order valence-corrected chi connectivity index (χ4v) is 3.21. The summed E-state index contributed by atoms with van der Waals surface area (Å²) in [5.41, 5.74) is 3.02. The van der Waals surface area contributed by atoms with Gasteiger partial charge < -0.3 is 9.80 Å². The average Bonchev–Trinajstić information content (AvgIpc) is 3.02. The number of hydrogen-bond acceptors (Lipinski definition) is 5. The second-order valence-corrected chi connectivity index (χ2v) is 5.79. The van der Waals surface area contributed by atoms with Crippen LogP contribution in [0.15, 0.2) is 29.8 Å². The summed E-state index contributed by atoms with van der Waals surface area (Å²) in [5.74, 6) is 0. The van der Waals surface area contributed by atoms with E-state index in [9.17, 15) is 5.26 Å². The first-order valence-electron chi connectivity index (χ1n) is 6.68. The Kier molecular flexibility index (Phi) is 3.57. The van der Waals surface area contributed by atoms with Gasteiger partial charge in [-0.05, 0) is 24.6 Å². The Hall–Kier alpha value is -2.06. The van der Waals surface area contributed by atoms with Gasteiger partial charge in [0, 0.05) is 37.8 Å². The van der Waals surface area contributed by atoms with Gasteiger partial charge in [-0.2, -0.15) is 5.26 Å². The highest BCUT2D eigenvalue weighted by atomic mass is 32.1. The minimum atomic E-state index is 0.762. The number of piperazine rings is 1. The molecule has 0 atom stereocenters. The fourth-order valence-electron chi connectivity index (χ4n) is 2.51. The van der Waals surface area contributed by atoms with Crippen molar-refractivity contribution in [2.24, 2.45) is 0 Å². The minimum Gasteiger partial charge on any atom is -0.367 e. The van der Waals surface area contributed by atoms with Crippen LogP contribution in [-0.2, 0) is 0 Å². The van der Waals surface area contributed by atoms with Gasteiger partial charge in [-0.1, -0.05) is 6.07 Å². The molecular formula is C15H16N4S. The van der Waals surface area contributed by atoms with Gasteiger partial charge in [-0.25, -0.2) is 4.98 Å². The van der Waals surface area contributed by atoms with E-state index < -0.39 is 0 Å². The van der Waals surface area contributed by atoms with Crippen LogP contribution < -0.4 is 9.80 Å². The van der Waals surface area contributed by atoms with Gasteiger partial charge in [0.25, 0.3) is 0 Å². The van der Waals surface area contributed by atoms with E-state index in [1.165, 1.54) is 5.56 Å². The summed E-state index contributed by atoms with van der Waals surface area (Å²) in [7, 11) is 0. The molecule has 102 valence electrons. The monoisotopic (exact) mass is 284 g/mol. The first-order chi connectivity index (χ1) is 9.78. The second kappa shape index (κ2) is 5.51. The second-order valence-electron chi connectivity index (χ2n) is 4.92. The first kappa shape index (κ1) is 12.9. The molecule has 1 saturated heterocycles. The maximum atomic E-state index is 9.25. The van der Waals surface area contributed by atoms with E-state index >= 15 is 0 Å². The van der Waals surface area contributed by atoms with Crippen molar-refractivity contribution in [1.29, 1.82) is 5.26 Å². The average molecular weight is 284 g/mol. The number of rotatable bonds is 2. The van der Waals surface area contributed by atoms with E-state index in [2.05, 4.69) is 33.8 Å². The largest absolute Gasteiger partial charge is 0.367 e. The molecule has 1 aliphatic rings. The fraction of sp³-hybridized carbons (Fsp3) is 0.333. The zero-order valence-corrected chi connectivity index (χ0v) is 12.2. The molecule has 1 fully saturated rings. The summed E-state index contributed by atoms with van der Waals surface area (Å²) in [6, 6.07) is 8.31. The number of anilines is 2. The Bertz CT molecular complexity index is 622. The van der Waals surface area contributed by atoms with Crippen LogP contribution in [0, 0.1) is 18.3 Å². The van der Waals surface area contributed by atoms with Crippen LogP contribution in [0.25, 0.3) is 0 Å². The lowest BCUT2D eigenvalue weighted by molar-refractivity contribution is 0.651. The van der Waals surface area contributed by atoms with E-state index in [1.54, 1.807) is 11.3 Å². The number of nitrogens with zero attached hydrogens (tertiary/aromatic N) is 4. The van der Waals surface area contributed by atoms with Crippen LogP contribution in [0.1, 0.15) is 11.1 Å². The Labute approximate surface area is 122 Å². The SMILES string of the molecule is Cc1ccc(C#N)c(N2CCN(c3nccs3)CC2)c1. The Balaban J connectivity index is 1.75. The van der Waals surface area contributed by atoms with Crippen molar-refractivity contribution >= 4 is 22.2 Å². The maximum Gasteiger partial charge on any atom is 0.185 e. The number of nitriles is 1. The van der Waals surface area contributed by atoms with Crippen LogP contribution in [0.5, 0.6) is 0 Å². The first-order valence-corrected chi connectivity index (χ1v) is 7.56. The van der Waals surface area contributed by atoms with E-state index in [1.807, 2.05) is 23.7 Å². The summed E-state index contributed by atoms with van der Waals surface area (Å²) < 4.78 is 0. The third-order valence-corrected chi connectivity index (χ3v) is 4.42. The molecule has 0 radical (unpaired) electrons. The predicted octanol–water partition coefficient (Wildman–Crippen LogP) is 2.65. The van der Waals surface area contributed by atoms with Gasteiger partial charge in [0.2, 0.25) is 0 Å². The van der Waals surface area contributed by atoms with Gasteiger partial charge in [0.15, 0.2) is 5.13 Å². The predicted molar refractivity (Wildman–Crippen MR) is 82.4 cm³/mol. The summed E-state index contributed by atoms with van der Waals surface area (Å²) in [6.45, 7) is 5.82. The molecule has 4 nitrogen and oxygen atoms in total. The van der Waals surface area contributed by atoms with Crippen molar-refractivity contribution in [1.82, 2.24) is 4.98 Å². The number of aryl methyl sites for hydroxylation is 1. The molecule has 2 aromatic rings. The molecule has 0 N–H and O–H groups in total. The Morgan fingerprint density at radius 1 is 1.20 bits per heavy atom. The zero-order chi connectivity index (χ0) is 13.9. The molecule has 0 bridgehead atoms. The summed E-state index contributed by atoms with van der Waals surface area (Å²) in [6.07, 6.45) is 1.85. The Morgan fingerprint density at radius 2 is 1.95 bits per heavy atom. The van der Waals surface area contributed by atoms with Crippen LogP contribution in [0.4, 0.5) is 10.8 Å². The third kappa shape index (κ3) is 2.47. The third-order valence-electron chi connectivity index (χ3n) is 3.58. The normalized spacial score (nSPS) is 15.2. The summed E-state index contributed by atoms with van der Waals surface area (Å²) in [4.78, 5) is 8.97. The smallest absolute Gasteiger partial charge is 0.185 e. The molecule has 3 rings (SSSR count). The van der Waals surface area contributed by atoms with Crippen LogP contribution in [-0.4, -0.2) is 31.2 Å². The standard InChI is InChI=1S/C15H16N4S/c1-12-2-3-13(11-16)14(10-12)18-5-7-19(8-6-18)15-17-4-9-20-15/h2-4,9-10H,5-8H2,1H3. The van der Waals surface area contributed by atoms with Gasteiger partial charge in [-0.3, -0.25) is 0 Å². The zero-order valence-electron chi connectivity index (χ0n) is 11.4. The lowest BCUT2D eigenvalue weighted by atomic mass is 10.1. The Morgan fingerprint density at radius 3 is 2.60 bits per heavy atom. The highest BCUT2D eigenvalue weighted by molar-refractivity contribution is 7.13. The van der Waals surface area contributed by atoms with Crippen molar-refractivity contribution in [3.8, 4) is 6.07 Å². The molecule has 2 heterocycles. The highest BCUT2D eigenvalue weighted by Gasteiger charge is 2.20. The minimum absolute atomic E-state index is 0.762. The number of benzene rings is 1. The molecular weight excluding hydrogens is 268 g/mol. The molecule has 1 aromatic heterocycles. The van der Waals surface area contributed by atoms with Crippen molar-refractivity contribution in [2.45, 2.75) is 6.92 Å². The van der Waals surface area contributed by atoms with Crippen molar-refractivity contribution in [3.05, 3.63) is 40.9 Å². The molecule has 0 aliphatic carbocycles. The molecule has 0 unspecified atom stereocenters. The summed E-state index contributed by atoms with van der Waals surface area (Å²) in [5, 5.41) is 12.3. The van der Waals surface area contributed by atoms with Crippen LogP contribution in [0.3, 0.4) is 0 Å². The summed E-state index contributed by atoms with van der Waals surface area (Å²) >= 11 is 1.68. The molecule has 20 heavy (non-hydrogen) atoms. The van der Waals surface area contributed by atoms with Crippen molar-refractivity contribution < 1.29 is 0 Å². The lowest BCUT2D eigenvalue weighted by Crippen LogP contribution is -2.46. The quantitative estimate of drug-likeness (QED) is 0.850. The van der Waals surface area contributed by atoms with Crippen LogP contribution in [0.2, 0.25) is 0 Å².